The van der Waals surface area contributed by atoms with E-state index in [0.29, 0.717) is 5.75 Å². The second-order valence-corrected chi connectivity index (χ2v) is 6.91. The molecule has 0 aliphatic carbocycles. The van der Waals surface area contributed by atoms with Crippen LogP contribution in [0.3, 0.4) is 0 Å². The van der Waals surface area contributed by atoms with Crippen LogP contribution in [0.25, 0.3) is 21.7 Å². The van der Waals surface area contributed by atoms with Crippen molar-refractivity contribution in [1.82, 2.24) is 5.16 Å². The molecule has 0 saturated carbocycles. The number of aromatic nitrogens is 1. The summed E-state index contributed by atoms with van der Waals surface area (Å²) in [6.45, 7) is 0.239. The highest BCUT2D eigenvalue weighted by Gasteiger charge is 2.21. The van der Waals surface area contributed by atoms with Crippen molar-refractivity contribution in [2.75, 3.05) is 12.5 Å². The number of rotatable bonds is 2. The van der Waals surface area contributed by atoms with Gasteiger partial charge in [-0.2, -0.15) is 0 Å². The van der Waals surface area contributed by atoms with Crippen molar-refractivity contribution in [3.8, 4) is 33.2 Å². The van der Waals surface area contributed by atoms with Gasteiger partial charge in [-0.1, -0.05) is 11.2 Å². The lowest BCUT2D eigenvalue weighted by Crippen LogP contribution is -1.92. The van der Waals surface area contributed by atoms with E-state index < -0.39 is 0 Å². The lowest BCUT2D eigenvalue weighted by molar-refractivity contribution is 0.174. The average molecular weight is 365 g/mol. The number of fused-ring (bicyclic) bond motifs is 1. The Morgan fingerprint density at radius 2 is 2.00 bits per heavy atom. The molecule has 7 heteroatoms. The van der Waals surface area contributed by atoms with E-state index in [9.17, 15) is 0 Å². The first-order chi connectivity index (χ1) is 10.2. The van der Waals surface area contributed by atoms with Gasteiger partial charge in [0.15, 0.2) is 11.5 Å². The van der Waals surface area contributed by atoms with E-state index in [1.165, 1.54) is 0 Å². The predicted octanol–water partition coefficient (Wildman–Crippen LogP) is 4.14. The Kier molecular flexibility index (Phi) is 2.90. The molecule has 0 amide bonds. The van der Waals surface area contributed by atoms with Crippen LogP contribution in [0.5, 0.6) is 11.5 Å². The van der Waals surface area contributed by atoms with Crippen molar-refractivity contribution >= 4 is 33.2 Å². The Hall–Kier alpha value is -1.99. The molecule has 0 bridgehead atoms. The van der Waals surface area contributed by atoms with Gasteiger partial charge in [-0.15, -0.1) is 11.3 Å². The molecule has 0 unspecified atom stereocenters. The minimum absolute atomic E-state index is 0.239. The van der Waals surface area contributed by atoms with Crippen molar-refractivity contribution in [1.29, 1.82) is 0 Å². The van der Waals surface area contributed by atoms with Crippen LogP contribution in [0, 0.1) is 0 Å². The third-order valence-corrected chi connectivity index (χ3v) is 4.82. The summed E-state index contributed by atoms with van der Waals surface area (Å²) in [5.74, 6) is 1.72. The monoisotopic (exact) mass is 364 g/mol. The molecule has 0 spiro atoms. The summed E-state index contributed by atoms with van der Waals surface area (Å²) in [6, 6.07) is 9.61. The molecule has 0 atom stereocenters. The van der Waals surface area contributed by atoms with Crippen LogP contribution in [0.4, 0.5) is 5.88 Å². The van der Waals surface area contributed by atoms with Gasteiger partial charge >= 0.3 is 0 Å². The molecule has 1 aliphatic rings. The highest BCUT2D eigenvalue weighted by Crippen LogP contribution is 2.43. The minimum Gasteiger partial charge on any atom is -0.454 e. The number of thiophene rings is 1. The lowest BCUT2D eigenvalue weighted by atomic mass is 10.0. The molecule has 3 heterocycles. The van der Waals surface area contributed by atoms with Gasteiger partial charge in [-0.05, 0) is 45.8 Å². The van der Waals surface area contributed by atoms with Crippen LogP contribution in [0.2, 0.25) is 0 Å². The molecule has 1 aromatic carbocycles. The predicted molar refractivity (Wildman–Crippen MR) is 83.5 cm³/mol. The van der Waals surface area contributed by atoms with Crippen LogP contribution < -0.4 is 15.2 Å². The minimum atomic E-state index is 0.239. The largest absolute Gasteiger partial charge is 0.454 e. The van der Waals surface area contributed by atoms with Gasteiger partial charge in [0.2, 0.25) is 12.7 Å². The molecule has 4 rings (SSSR count). The molecule has 21 heavy (non-hydrogen) atoms. The van der Waals surface area contributed by atoms with Crippen LogP contribution in [-0.2, 0) is 0 Å². The fraction of sp³-hybridized carbons (Fsp3) is 0.0714. The number of hydrogen-bond donors (Lipinski definition) is 1. The topological polar surface area (TPSA) is 70.5 Å². The first kappa shape index (κ1) is 12.7. The third kappa shape index (κ3) is 2.09. The van der Waals surface area contributed by atoms with Crippen molar-refractivity contribution < 1.29 is 14.0 Å². The maximum atomic E-state index is 5.95. The van der Waals surface area contributed by atoms with Crippen molar-refractivity contribution in [2.45, 2.75) is 0 Å². The number of anilines is 1. The molecule has 0 radical (unpaired) electrons. The summed E-state index contributed by atoms with van der Waals surface area (Å²) in [7, 11) is 0. The second-order valence-electron chi connectivity index (χ2n) is 4.44. The fourth-order valence-electron chi connectivity index (χ4n) is 2.24. The van der Waals surface area contributed by atoms with E-state index >= 15 is 0 Å². The van der Waals surface area contributed by atoms with Crippen LogP contribution in [0.15, 0.2) is 38.6 Å². The van der Waals surface area contributed by atoms with Crippen LogP contribution >= 0.6 is 27.3 Å². The molecular weight excluding hydrogens is 356 g/mol. The van der Waals surface area contributed by atoms with Crippen molar-refractivity contribution in [3.63, 3.8) is 0 Å². The normalized spacial score (nSPS) is 12.8. The van der Waals surface area contributed by atoms with Gasteiger partial charge < -0.3 is 19.7 Å². The molecule has 0 saturated heterocycles. The molecule has 2 N–H and O–H groups in total. The van der Waals surface area contributed by atoms with E-state index in [-0.39, 0.29) is 12.7 Å². The first-order valence-corrected chi connectivity index (χ1v) is 7.74. The van der Waals surface area contributed by atoms with E-state index in [2.05, 4.69) is 21.1 Å². The highest BCUT2D eigenvalue weighted by atomic mass is 79.9. The van der Waals surface area contributed by atoms with Crippen molar-refractivity contribution in [3.05, 3.63) is 34.1 Å². The summed E-state index contributed by atoms with van der Waals surface area (Å²) in [4.78, 5) is 0.981. The molecule has 0 fully saturated rings. The number of benzene rings is 1. The van der Waals surface area contributed by atoms with E-state index in [4.69, 9.17) is 19.7 Å². The van der Waals surface area contributed by atoms with Gasteiger partial charge in [-0.3, -0.25) is 0 Å². The average Bonchev–Trinajstić information content (AvgIpc) is 3.17. The number of nitrogens with two attached hydrogens (primary N) is 1. The number of nitrogens with zero attached hydrogens (tertiary/aromatic N) is 1. The number of halogens is 1. The molecule has 5 nitrogen and oxygen atoms in total. The SMILES string of the molecule is Nc1onc(-c2ccc(Br)s2)c1-c1ccc2c(c1)OCO2. The van der Waals surface area contributed by atoms with Gasteiger partial charge in [0.1, 0.15) is 5.69 Å². The molecule has 106 valence electrons. The summed E-state index contributed by atoms with van der Waals surface area (Å²) >= 11 is 5.02. The Morgan fingerprint density at radius 3 is 2.81 bits per heavy atom. The number of hydrogen-bond acceptors (Lipinski definition) is 6. The second kappa shape index (κ2) is 4.78. The zero-order valence-corrected chi connectivity index (χ0v) is 13.0. The number of nitrogen functional groups attached to an aromatic ring is 1. The molecule has 3 aromatic rings. The van der Waals surface area contributed by atoms with Gasteiger partial charge in [-0.25, -0.2) is 0 Å². The van der Waals surface area contributed by atoms with E-state index in [0.717, 1.165) is 31.2 Å². The third-order valence-electron chi connectivity index (χ3n) is 3.19. The standard InChI is InChI=1S/C14H9BrN2O3S/c15-11-4-3-10(21-11)13-12(14(16)20-17-13)7-1-2-8-9(5-7)19-6-18-8/h1-5H,6,16H2. The first-order valence-electron chi connectivity index (χ1n) is 6.13. The van der Waals surface area contributed by atoms with Gasteiger partial charge in [0.25, 0.3) is 0 Å². The van der Waals surface area contributed by atoms with E-state index in [1.807, 2.05) is 30.3 Å². The Labute approximate surface area is 132 Å². The summed E-state index contributed by atoms with van der Waals surface area (Å²) in [6.07, 6.45) is 0. The van der Waals surface area contributed by atoms with Crippen LogP contribution in [0.1, 0.15) is 0 Å². The molecule has 2 aromatic heterocycles. The van der Waals surface area contributed by atoms with Gasteiger partial charge in [0.05, 0.1) is 14.2 Å². The van der Waals surface area contributed by atoms with Crippen LogP contribution in [-0.4, -0.2) is 11.9 Å². The van der Waals surface area contributed by atoms with E-state index in [1.54, 1.807) is 11.3 Å². The maximum Gasteiger partial charge on any atom is 0.231 e. The molecular formula is C14H9BrN2O3S. The maximum absolute atomic E-state index is 5.95. The van der Waals surface area contributed by atoms with Gasteiger partial charge in [0, 0.05) is 0 Å². The zero-order valence-electron chi connectivity index (χ0n) is 10.6. The fourth-order valence-corrected chi connectivity index (χ4v) is 3.62. The summed E-state index contributed by atoms with van der Waals surface area (Å²) < 4.78 is 16.9. The Balaban J connectivity index is 1.87. The quantitative estimate of drug-likeness (QED) is 0.739. The lowest BCUT2D eigenvalue weighted by Gasteiger charge is -2.03. The zero-order chi connectivity index (χ0) is 14.4. The number of ether oxygens (including phenoxy) is 2. The van der Waals surface area contributed by atoms with Crippen molar-refractivity contribution in [2.24, 2.45) is 0 Å². The highest BCUT2D eigenvalue weighted by molar-refractivity contribution is 9.11. The molecule has 1 aliphatic heterocycles. The summed E-state index contributed by atoms with van der Waals surface area (Å²) in [5, 5.41) is 4.09. The Morgan fingerprint density at radius 1 is 1.14 bits per heavy atom. The smallest absolute Gasteiger partial charge is 0.231 e. The Bertz CT molecular complexity index is 827. The summed E-state index contributed by atoms with van der Waals surface area (Å²) in [5.41, 5.74) is 8.33.